The zero-order valence-electron chi connectivity index (χ0n) is 13.6. The predicted molar refractivity (Wildman–Crippen MR) is 87.2 cm³/mol. The monoisotopic (exact) mass is 337 g/mol. The molecule has 0 saturated heterocycles. The summed E-state index contributed by atoms with van der Waals surface area (Å²) in [4.78, 5) is 6.03. The van der Waals surface area contributed by atoms with E-state index in [9.17, 15) is 18.3 Å². The number of likely N-dealkylation sites (N-methyl/N-ethyl adjacent to an activating group) is 1. The van der Waals surface area contributed by atoms with Crippen LogP contribution < -0.4 is 0 Å². The molecule has 7 heteroatoms. The molecular weight excluding hydrogens is 319 g/mol. The summed E-state index contributed by atoms with van der Waals surface area (Å²) in [5, 5.41) is 10.4. The van der Waals surface area contributed by atoms with Crippen LogP contribution in [0, 0.1) is 0 Å². The molecule has 128 valence electrons. The standard InChI is InChI=1S/C17H18F3N3O/c1-10(9-22(2)3)23-14-7-11(24)6-13(17(18,19)20)16(14)12-4-5-21-8-15(12)23/h4-8,10,24H,9H2,1-3H3. The molecule has 0 aliphatic carbocycles. The fourth-order valence-electron chi connectivity index (χ4n) is 3.31. The molecule has 0 aliphatic heterocycles. The van der Waals surface area contributed by atoms with Crippen molar-refractivity contribution in [2.75, 3.05) is 20.6 Å². The van der Waals surface area contributed by atoms with Gasteiger partial charge in [0.25, 0.3) is 0 Å². The van der Waals surface area contributed by atoms with Crippen LogP contribution in [0.2, 0.25) is 0 Å². The van der Waals surface area contributed by atoms with Gasteiger partial charge in [-0.1, -0.05) is 0 Å². The Balaban J connectivity index is 2.44. The molecule has 24 heavy (non-hydrogen) atoms. The van der Waals surface area contributed by atoms with Crippen LogP contribution in [-0.4, -0.2) is 40.2 Å². The van der Waals surface area contributed by atoms with Gasteiger partial charge in [0.05, 0.1) is 22.8 Å². The number of pyridine rings is 1. The molecule has 1 atom stereocenters. The minimum Gasteiger partial charge on any atom is -0.508 e. The highest BCUT2D eigenvalue weighted by atomic mass is 19.4. The van der Waals surface area contributed by atoms with E-state index in [0.717, 1.165) is 6.07 Å². The fraction of sp³-hybridized carbons (Fsp3) is 0.353. The van der Waals surface area contributed by atoms with Gasteiger partial charge in [-0.2, -0.15) is 13.2 Å². The van der Waals surface area contributed by atoms with Crippen molar-refractivity contribution < 1.29 is 18.3 Å². The summed E-state index contributed by atoms with van der Waals surface area (Å²) >= 11 is 0. The average molecular weight is 337 g/mol. The second kappa shape index (κ2) is 5.66. The molecule has 1 aromatic carbocycles. The van der Waals surface area contributed by atoms with Crippen LogP contribution in [0.15, 0.2) is 30.6 Å². The molecule has 2 heterocycles. The van der Waals surface area contributed by atoms with Crippen molar-refractivity contribution in [2.45, 2.75) is 19.1 Å². The number of alkyl halides is 3. The maximum atomic E-state index is 13.5. The second-order valence-corrected chi connectivity index (χ2v) is 6.26. The number of hydrogen-bond acceptors (Lipinski definition) is 3. The molecule has 0 fully saturated rings. The van der Waals surface area contributed by atoms with Gasteiger partial charge in [-0.25, -0.2) is 0 Å². The van der Waals surface area contributed by atoms with E-state index in [1.165, 1.54) is 12.3 Å². The van der Waals surface area contributed by atoms with Crippen molar-refractivity contribution in [2.24, 2.45) is 0 Å². The Morgan fingerprint density at radius 2 is 1.96 bits per heavy atom. The number of fused-ring (bicyclic) bond motifs is 3. The summed E-state index contributed by atoms with van der Waals surface area (Å²) in [5.41, 5.74) is 0.155. The summed E-state index contributed by atoms with van der Waals surface area (Å²) in [7, 11) is 3.81. The zero-order chi connectivity index (χ0) is 17.6. The molecule has 0 amide bonds. The first-order valence-electron chi connectivity index (χ1n) is 7.52. The molecule has 0 saturated carbocycles. The number of hydrogen-bond donors (Lipinski definition) is 1. The van der Waals surface area contributed by atoms with Gasteiger partial charge in [0.15, 0.2) is 0 Å². The van der Waals surface area contributed by atoms with Crippen molar-refractivity contribution >= 4 is 21.8 Å². The zero-order valence-corrected chi connectivity index (χ0v) is 13.6. The van der Waals surface area contributed by atoms with Crippen LogP contribution in [0.3, 0.4) is 0 Å². The van der Waals surface area contributed by atoms with Gasteiger partial charge < -0.3 is 14.6 Å². The summed E-state index contributed by atoms with van der Waals surface area (Å²) in [6.45, 7) is 2.58. The molecule has 1 N–H and O–H groups in total. The van der Waals surface area contributed by atoms with Crippen molar-refractivity contribution in [3.63, 3.8) is 0 Å². The normalized spacial score (nSPS) is 14.0. The maximum Gasteiger partial charge on any atom is 0.417 e. The predicted octanol–water partition coefficient (Wildman–Crippen LogP) is 4.04. The van der Waals surface area contributed by atoms with E-state index >= 15 is 0 Å². The number of phenolic OH excluding ortho intramolecular Hbond substituents is 1. The Hall–Kier alpha value is -2.28. The smallest absolute Gasteiger partial charge is 0.417 e. The minimum atomic E-state index is -4.55. The highest BCUT2D eigenvalue weighted by Crippen LogP contribution is 2.42. The topological polar surface area (TPSA) is 41.3 Å². The van der Waals surface area contributed by atoms with Gasteiger partial charge in [0.2, 0.25) is 0 Å². The van der Waals surface area contributed by atoms with E-state index in [2.05, 4.69) is 4.98 Å². The Bertz CT molecular complexity index is 899. The summed E-state index contributed by atoms with van der Waals surface area (Å²) in [6.07, 6.45) is -1.50. The van der Waals surface area contributed by atoms with Crippen molar-refractivity contribution in [1.82, 2.24) is 14.5 Å². The van der Waals surface area contributed by atoms with E-state index < -0.39 is 17.5 Å². The Kier molecular flexibility index (Phi) is 3.91. The molecule has 0 radical (unpaired) electrons. The van der Waals surface area contributed by atoms with E-state index in [1.54, 1.807) is 12.3 Å². The van der Waals surface area contributed by atoms with E-state index in [4.69, 9.17) is 0 Å². The van der Waals surface area contributed by atoms with Crippen LogP contribution in [0.1, 0.15) is 18.5 Å². The third kappa shape index (κ3) is 2.69. The number of benzene rings is 1. The largest absolute Gasteiger partial charge is 0.508 e. The average Bonchev–Trinajstić information content (AvgIpc) is 2.78. The van der Waals surface area contributed by atoms with Gasteiger partial charge in [0.1, 0.15) is 5.75 Å². The van der Waals surface area contributed by atoms with Crippen LogP contribution in [0.25, 0.3) is 21.8 Å². The van der Waals surface area contributed by atoms with Crippen molar-refractivity contribution in [3.05, 3.63) is 36.2 Å². The lowest BCUT2D eigenvalue weighted by Crippen LogP contribution is -2.22. The lowest BCUT2D eigenvalue weighted by Gasteiger charge is -2.21. The van der Waals surface area contributed by atoms with Gasteiger partial charge in [0, 0.05) is 35.6 Å². The Morgan fingerprint density at radius 1 is 1.25 bits per heavy atom. The molecule has 0 spiro atoms. The Morgan fingerprint density at radius 3 is 2.58 bits per heavy atom. The molecule has 0 aliphatic rings. The second-order valence-electron chi connectivity index (χ2n) is 6.26. The summed E-state index contributed by atoms with van der Waals surface area (Å²) < 4.78 is 42.3. The first kappa shape index (κ1) is 16.6. The number of aromatic nitrogens is 2. The van der Waals surface area contributed by atoms with Crippen molar-refractivity contribution in [1.29, 1.82) is 0 Å². The quantitative estimate of drug-likeness (QED) is 0.784. The maximum absolute atomic E-state index is 13.5. The summed E-state index contributed by atoms with van der Waals surface area (Å²) in [5.74, 6) is -0.399. The molecule has 1 unspecified atom stereocenters. The van der Waals surface area contributed by atoms with Crippen LogP contribution >= 0.6 is 0 Å². The van der Waals surface area contributed by atoms with E-state index in [0.29, 0.717) is 23.0 Å². The minimum absolute atomic E-state index is 0.0907. The van der Waals surface area contributed by atoms with Crippen LogP contribution in [0.5, 0.6) is 5.75 Å². The van der Waals surface area contributed by atoms with Crippen LogP contribution in [-0.2, 0) is 6.18 Å². The first-order valence-corrected chi connectivity index (χ1v) is 7.52. The SMILES string of the molecule is CC(CN(C)C)n1c2cnccc2c2c(C(F)(F)F)cc(O)cc21. The number of phenols is 1. The van der Waals surface area contributed by atoms with Gasteiger partial charge in [-0.15, -0.1) is 0 Å². The third-order valence-electron chi connectivity index (χ3n) is 4.07. The molecule has 4 nitrogen and oxygen atoms in total. The van der Waals surface area contributed by atoms with Gasteiger partial charge >= 0.3 is 6.18 Å². The number of aromatic hydroxyl groups is 1. The van der Waals surface area contributed by atoms with E-state index in [-0.39, 0.29) is 11.4 Å². The Labute approximate surface area is 137 Å². The van der Waals surface area contributed by atoms with E-state index in [1.807, 2.05) is 30.5 Å². The van der Waals surface area contributed by atoms with Crippen LogP contribution in [0.4, 0.5) is 13.2 Å². The number of halogens is 3. The molecule has 3 aromatic rings. The molecule has 3 rings (SSSR count). The van der Waals surface area contributed by atoms with Crippen molar-refractivity contribution in [3.8, 4) is 5.75 Å². The highest BCUT2D eigenvalue weighted by Gasteiger charge is 2.35. The first-order chi connectivity index (χ1) is 11.2. The molecule has 0 bridgehead atoms. The number of rotatable bonds is 3. The summed E-state index contributed by atoms with van der Waals surface area (Å²) in [6, 6.07) is 3.66. The molecular formula is C17H18F3N3O. The lowest BCUT2D eigenvalue weighted by molar-refractivity contribution is -0.136. The van der Waals surface area contributed by atoms with Gasteiger partial charge in [-0.05, 0) is 33.2 Å². The highest BCUT2D eigenvalue weighted by molar-refractivity contribution is 6.10. The third-order valence-corrected chi connectivity index (χ3v) is 4.07. The number of nitrogens with zero attached hydrogens (tertiary/aromatic N) is 3. The lowest BCUT2D eigenvalue weighted by atomic mass is 10.1. The fourth-order valence-corrected chi connectivity index (χ4v) is 3.31. The molecule has 2 aromatic heterocycles. The van der Waals surface area contributed by atoms with Gasteiger partial charge in [-0.3, -0.25) is 4.98 Å².